The topological polar surface area (TPSA) is 64.6 Å². The second-order valence-electron chi connectivity index (χ2n) is 8.89. The van der Waals surface area contributed by atoms with Gasteiger partial charge in [0.05, 0.1) is 0 Å². The van der Waals surface area contributed by atoms with E-state index in [1.807, 2.05) is 41.5 Å². The summed E-state index contributed by atoms with van der Waals surface area (Å²) in [4.78, 5) is 23.4. The molecule has 0 aromatic carbocycles. The van der Waals surface area contributed by atoms with Crippen molar-refractivity contribution in [2.45, 2.75) is 91.3 Å². The van der Waals surface area contributed by atoms with E-state index in [1.54, 1.807) is 0 Å². The van der Waals surface area contributed by atoms with E-state index in [-0.39, 0.29) is 12.1 Å². The molecule has 24 heavy (non-hydrogen) atoms. The third-order valence-corrected chi connectivity index (χ3v) is 4.08. The van der Waals surface area contributed by atoms with E-state index in [2.05, 4.69) is 5.32 Å². The Morgan fingerprint density at radius 1 is 0.875 bits per heavy atom. The molecular formula is C19H35NO4. The van der Waals surface area contributed by atoms with Crippen molar-refractivity contribution in [1.29, 1.82) is 0 Å². The predicted octanol–water partition coefficient (Wildman–Crippen LogP) is 4.44. The molecular weight excluding hydrogens is 306 g/mol. The molecule has 1 aliphatic rings. The van der Waals surface area contributed by atoms with Gasteiger partial charge < -0.3 is 14.8 Å². The Kier molecular flexibility index (Phi) is 7.56. The number of amides is 1. The van der Waals surface area contributed by atoms with Gasteiger partial charge >= 0.3 is 12.1 Å². The monoisotopic (exact) mass is 341 g/mol. The van der Waals surface area contributed by atoms with Crippen LogP contribution < -0.4 is 5.32 Å². The highest BCUT2D eigenvalue weighted by atomic mass is 16.6. The summed E-state index contributed by atoms with van der Waals surface area (Å²) < 4.78 is 10.6. The van der Waals surface area contributed by atoms with Crippen molar-refractivity contribution in [1.82, 2.24) is 5.32 Å². The van der Waals surface area contributed by atoms with Crippen LogP contribution in [-0.2, 0) is 14.3 Å². The number of carbonyl (C=O) groups is 2. The second kappa shape index (κ2) is 8.72. The van der Waals surface area contributed by atoms with Gasteiger partial charge in [0.1, 0.15) is 11.2 Å². The molecule has 1 rings (SSSR count). The normalized spacial score (nSPS) is 21.9. The van der Waals surface area contributed by atoms with Crippen LogP contribution in [-0.4, -0.2) is 29.8 Å². The van der Waals surface area contributed by atoms with Crippen LogP contribution in [0.15, 0.2) is 0 Å². The summed E-state index contributed by atoms with van der Waals surface area (Å²) in [5.41, 5.74) is -0.856. The molecule has 0 aromatic heterocycles. The lowest BCUT2D eigenvalue weighted by atomic mass is 9.80. The van der Waals surface area contributed by atoms with Crippen LogP contribution in [0.3, 0.4) is 0 Å². The van der Waals surface area contributed by atoms with Crippen molar-refractivity contribution in [2.24, 2.45) is 11.8 Å². The van der Waals surface area contributed by atoms with Gasteiger partial charge in [-0.2, -0.15) is 0 Å². The molecule has 5 heteroatoms. The Bertz CT molecular complexity index is 372. The quantitative estimate of drug-likeness (QED) is 0.751. The number of alkyl carbamates (subject to hydrolysis) is 1. The van der Waals surface area contributed by atoms with Gasteiger partial charge in [0.2, 0.25) is 0 Å². The number of esters is 1. The predicted molar refractivity (Wildman–Crippen MR) is 94.8 cm³/mol. The molecule has 0 spiro atoms. The van der Waals surface area contributed by atoms with E-state index < -0.39 is 11.2 Å². The van der Waals surface area contributed by atoms with Crippen molar-refractivity contribution in [2.75, 3.05) is 6.54 Å². The molecule has 1 aliphatic carbocycles. The van der Waals surface area contributed by atoms with Crippen LogP contribution in [0.25, 0.3) is 0 Å². The molecule has 0 atom stereocenters. The average Bonchev–Trinajstić information content (AvgIpc) is 2.40. The fraction of sp³-hybridized carbons (Fsp3) is 0.895. The second-order valence-corrected chi connectivity index (χ2v) is 8.89. The number of hydrogen-bond donors (Lipinski definition) is 1. The average molecular weight is 341 g/mol. The number of hydrogen-bond acceptors (Lipinski definition) is 4. The lowest BCUT2D eigenvalue weighted by molar-refractivity contribution is -0.155. The van der Waals surface area contributed by atoms with E-state index in [1.165, 1.54) is 0 Å². The van der Waals surface area contributed by atoms with Gasteiger partial charge in [-0.05, 0) is 72.6 Å². The molecule has 0 unspecified atom stereocenters. The first-order chi connectivity index (χ1) is 10.9. The maximum absolute atomic E-state index is 11.8. The fourth-order valence-corrected chi connectivity index (χ4v) is 2.98. The molecule has 0 aromatic rings. The number of ether oxygens (including phenoxy) is 2. The standard InChI is InChI=1S/C19H35NO4/c1-18(2,3)23-16(21)12-11-14-7-9-15(10-8-14)13-20-17(22)24-19(4,5)6/h14-15H,7-13H2,1-6H3,(H,20,22). The highest BCUT2D eigenvalue weighted by Crippen LogP contribution is 2.31. The molecule has 1 N–H and O–H groups in total. The zero-order valence-electron chi connectivity index (χ0n) is 16.2. The minimum atomic E-state index is -0.455. The summed E-state index contributed by atoms with van der Waals surface area (Å²) in [5.74, 6) is 1.00. The Balaban J connectivity index is 2.18. The Labute approximate surface area is 146 Å². The molecule has 0 saturated heterocycles. The highest BCUT2D eigenvalue weighted by molar-refractivity contribution is 5.69. The minimum Gasteiger partial charge on any atom is -0.460 e. The Morgan fingerprint density at radius 2 is 1.38 bits per heavy atom. The third kappa shape index (κ3) is 9.78. The first-order valence-corrected chi connectivity index (χ1v) is 9.13. The molecule has 0 bridgehead atoms. The smallest absolute Gasteiger partial charge is 0.407 e. The maximum Gasteiger partial charge on any atom is 0.407 e. The number of carbonyl (C=O) groups excluding carboxylic acids is 2. The van der Waals surface area contributed by atoms with Gasteiger partial charge in [-0.25, -0.2) is 4.79 Å². The molecule has 1 fully saturated rings. The summed E-state index contributed by atoms with van der Waals surface area (Å²) in [5, 5.41) is 2.86. The first-order valence-electron chi connectivity index (χ1n) is 9.13. The van der Waals surface area contributed by atoms with Crippen LogP contribution in [0.5, 0.6) is 0 Å². The third-order valence-electron chi connectivity index (χ3n) is 4.08. The zero-order chi connectivity index (χ0) is 18.4. The Morgan fingerprint density at radius 3 is 1.88 bits per heavy atom. The minimum absolute atomic E-state index is 0.101. The van der Waals surface area contributed by atoms with Gasteiger partial charge in [0.15, 0.2) is 0 Å². The molecule has 0 aliphatic heterocycles. The largest absolute Gasteiger partial charge is 0.460 e. The molecule has 1 saturated carbocycles. The first kappa shape index (κ1) is 20.8. The van der Waals surface area contributed by atoms with Gasteiger partial charge in [-0.3, -0.25) is 4.79 Å². The van der Waals surface area contributed by atoms with E-state index in [0.717, 1.165) is 32.1 Å². The van der Waals surface area contributed by atoms with Crippen LogP contribution in [0.1, 0.15) is 80.1 Å². The summed E-state index contributed by atoms with van der Waals surface area (Å²) >= 11 is 0. The van der Waals surface area contributed by atoms with Crippen molar-refractivity contribution in [3.8, 4) is 0 Å². The SMILES string of the molecule is CC(C)(C)OC(=O)CCC1CCC(CNC(=O)OC(C)(C)C)CC1. The number of rotatable bonds is 5. The van der Waals surface area contributed by atoms with Crippen molar-refractivity contribution in [3.05, 3.63) is 0 Å². The van der Waals surface area contributed by atoms with E-state index in [9.17, 15) is 9.59 Å². The summed E-state index contributed by atoms with van der Waals surface area (Å²) in [7, 11) is 0. The van der Waals surface area contributed by atoms with Crippen molar-refractivity contribution >= 4 is 12.1 Å². The molecule has 0 heterocycles. The van der Waals surface area contributed by atoms with Gasteiger partial charge in [0, 0.05) is 13.0 Å². The lowest BCUT2D eigenvalue weighted by Gasteiger charge is -2.29. The number of nitrogens with one attached hydrogen (secondary N) is 1. The van der Waals surface area contributed by atoms with E-state index in [0.29, 0.717) is 24.8 Å². The molecule has 5 nitrogen and oxygen atoms in total. The molecule has 1 amide bonds. The molecule has 0 radical (unpaired) electrons. The summed E-state index contributed by atoms with van der Waals surface area (Å²) in [6, 6.07) is 0. The van der Waals surface area contributed by atoms with Crippen LogP contribution >= 0.6 is 0 Å². The van der Waals surface area contributed by atoms with Gasteiger partial charge in [-0.15, -0.1) is 0 Å². The lowest BCUT2D eigenvalue weighted by Crippen LogP contribution is -2.36. The van der Waals surface area contributed by atoms with Crippen LogP contribution in [0.2, 0.25) is 0 Å². The van der Waals surface area contributed by atoms with Crippen molar-refractivity contribution in [3.63, 3.8) is 0 Å². The fourth-order valence-electron chi connectivity index (χ4n) is 2.98. The van der Waals surface area contributed by atoms with Crippen LogP contribution in [0.4, 0.5) is 4.79 Å². The summed E-state index contributed by atoms with van der Waals surface area (Å²) in [6.07, 6.45) is 5.48. The molecule has 140 valence electrons. The van der Waals surface area contributed by atoms with E-state index in [4.69, 9.17) is 9.47 Å². The zero-order valence-corrected chi connectivity index (χ0v) is 16.2. The Hall–Kier alpha value is -1.26. The maximum atomic E-state index is 11.8. The highest BCUT2D eigenvalue weighted by Gasteiger charge is 2.24. The van der Waals surface area contributed by atoms with Gasteiger partial charge in [0.25, 0.3) is 0 Å². The summed E-state index contributed by atoms with van der Waals surface area (Å²) in [6.45, 7) is 12.0. The van der Waals surface area contributed by atoms with E-state index >= 15 is 0 Å². The van der Waals surface area contributed by atoms with Crippen molar-refractivity contribution < 1.29 is 19.1 Å². The van der Waals surface area contributed by atoms with Crippen LogP contribution in [0, 0.1) is 11.8 Å². The van der Waals surface area contributed by atoms with Gasteiger partial charge in [-0.1, -0.05) is 12.8 Å².